The maximum atomic E-state index is 10.8. The van der Waals surface area contributed by atoms with Crippen LogP contribution in [-0.4, -0.2) is 37.7 Å². The summed E-state index contributed by atoms with van der Waals surface area (Å²) in [5, 5.41) is 18.3. The van der Waals surface area contributed by atoms with Gasteiger partial charge in [-0.15, -0.1) is 10.2 Å². The van der Waals surface area contributed by atoms with Crippen LogP contribution >= 0.6 is 23.4 Å². The fourth-order valence-electron chi connectivity index (χ4n) is 2.09. The van der Waals surface area contributed by atoms with Gasteiger partial charge >= 0.3 is 5.97 Å². The second-order valence-electron chi connectivity index (χ2n) is 5.17. The summed E-state index contributed by atoms with van der Waals surface area (Å²) in [6, 6.07) is 7.24. The average Bonchev–Trinajstić information content (AvgIpc) is 2.88. The molecule has 1 heterocycles. The summed E-state index contributed by atoms with van der Waals surface area (Å²) in [4.78, 5) is 10.8. The zero-order valence-corrected chi connectivity index (χ0v) is 14.6. The van der Waals surface area contributed by atoms with Crippen LogP contribution < -0.4 is 0 Å². The van der Waals surface area contributed by atoms with Gasteiger partial charge in [0.25, 0.3) is 0 Å². The van der Waals surface area contributed by atoms with Gasteiger partial charge < -0.3 is 9.84 Å². The molecule has 0 unspecified atom stereocenters. The van der Waals surface area contributed by atoms with Crippen molar-refractivity contribution in [3.05, 3.63) is 35.1 Å². The van der Waals surface area contributed by atoms with Crippen LogP contribution in [0.25, 0.3) is 5.69 Å². The number of nitrogens with zero attached hydrogens (tertiary/aromatic N) is 3. The predicted molar refractivity (Wildman–Crippen MR) is 89.4 cm³/mol. The van der Waals surface area contributed by atoms with Gasteiger partial charge in [-0.2, -0.15) is 0 Å². The maximum absolute atomic E-state index is 10.8. The van der Waals surface area contributed by atoms with Crippen LogP contribution in [0.5, 0.6) is 0 Å². The van der Waals surface area contributed by atoms with E-state index < -0.39 is 5.97 Å². The molecule has 0 saturated carbocycles. The van der Waals surface area contributed by atoms with Crippen LogP contribution in [0.3, 0.4) is 0 Å². The van der Waals surface area contributed by atoms with E-state index in [4.69, 9.17) is 21.4 Å². The molecule has 2 rings (SSSR count). The Balaban J connectivity index is 2.44. The van der Waals surface area contributed by atoms with Crippen molar-refractivity contribution < 1.29 is 14.6 Å². The molecule has 0 radical (unpaired) electrons. The molecule has 1 atom stereocenters. The minimum Gasteiger partial charge on any atom is -0.481 e. The van der Waals surface area contributed by atoms with Crippen LogP contribution in [0.1, 0.15) is 32.7 Å². The van der Waals surface area contributed by atoms with Gasteiger partial charge in [-0.05, 0) is 39.0 Å². The first-order valence-corrected chi connectivity index (χ1v) is 8.46. The normalized spacial score (nSPS) is 12.6. The van der Waals surface area contributed by atoms with E-state index in [1.807, 2.05) is 32.9 Å². The number of aliphatic carboxylic acids is 1. The van der Waals surface area contributed by atoms with E-state index in [1.54, 1.807) is 16.7 Å². The first-order valence-electron chi connectivity index (χ1n) is 7.09. The number of ether oxygens (including phenoxy) is 1. The molecule has 2 aromatic rings. The Morgan fingerprint density at radius 1 is 1.39 bits per heavy atom. The number of hydrogen-bond donors (Lipinski definition) is 1. The number of hydrogen-bond acceptors (Lipinski definition) is 5. The number of thioether (sulfide) groups is 1. The van der Waals surface area contributed by atoms with Crippen LogP contribution in [0.4, 0.5) is 0 Å². The minimum absolute atomic E-state index is 0.0321. The van der Waals surface area contributed by atoms with Gasteiger partial charge in [0, 0.05) is 5.02 Å². The van der Waals surface area contributed by atoms with Crippen LogP contribution in [0.15, 0.2) is 29.4 Å². The van der Waals surface area contributed by atoms with Crippen LogP contribution in [0.2, 0.25) is 5.02 Å². The summed E-state index contributed by atoms with van der Waals surface area (Å²) in [6.07, 6.45) is -0.259. The lowest BCUT2D eigenvalue weighted by Gasteiger charge is -2.17. The third-order valence-electron chi connectivity index (χ3n) is 2.89. The van der Waals surface area contributed by atoms with Gasteiger partial charge in [0.1, 0.15) is 6.10 Å². The molecule has 1 aromatic heterocycles. The van der Waals surface area contributed by atoms with E-state index in [2.05, 4.69) is 10.2 Å². The molecular formula is C15H18ClN3O3S. The second kappa shape index (κ2) is 7.81. The molecule has 0 saturated heterocycles. The molecule has 0 fully saturated rings. The summed E-state index contributed by atoms with van der Waals surface area (Å²) in [5.41, 5.74) is 0.768. The molecule has 6 nitrogen and oxygen atoms in total. The van der Waals surface area contributed by atoms with E-state index in [1.165, 1.54) is 0 Å². The van der Waals surface area contributed by atoms with Gasteiger partial charge in [0.2, 0.25) is 0 Å². The number of benzene rings is 1. The number of rotatable bonds is 7. The number of halogens is 1. The molecule has 124 valence electrons. The second-order valence-corrected chi connectivity index (χ2v) is 6.54. The molecule has 0 aliphatic rings. The standard InChI is InChI=1S/C15H18ClN3O3S/c1-9(2)22-10(3)14-17-18-15(23-8-13(20)21)19(14)12-6-4-5-11(16)7-12/h4-7,9-10H,8H2,1-3H3,(H,20,21)/t10-/m0/s1. The number of carboxylic acids is 1. The Hall–Kier alpha value is -1.57. The fourth-order valence-corrected chi connectivity index (χ4v) is 2.95. The molecule has 0 bridgehead atoms. The number of carboxylic acid groups (broad SMARTS) is 1. The molecule has 0 spiro atoms. The van der Waals surface area contributed by atoms with Gasteiger partial charge in [0.05, 0.1) is 17.5 Å². The highest BCUT2D eigenvalue weighted by atomic mass is 35.5. The molecule has 1 aromatic carbocycles. The van der Waals surface area contributed by atoms with Crippen molar-refractivity contribution in [2.75, 3.05) is 5.75 Å². The lowest BCUT2D eigenvalue weighted by molar-refractivity contribution is -0.133. The average molecular weight is 356 g/mol. The van der Waals surface area contributed by atoms with Crippen molar-refractivity contribution >= 4 is 29.3 Å². The summed E-state index contributed by atoms with van der Waals surface area (Å²) in [5.74, 6) is -0.407. The highest BCUT2D eigenvalue weighted by molar-refractivity contribution is 7.99. The van der Waals surface area contributed by atoms with Crippen molar-refractivity contribution in [3.8, 4) is 5.69 Å². The Morgan fingerprint density at radius 2 is 2.13 bits per heavy atom. The fraction of sp³-hybridized carbons (Fsp3) is 0.400. The first kappa shape index (κ1) is 17.8. The molecule has 23 heavy (non-hydrogen) atoms. The topological polar surface area (TPSA) is 77.2 Å². The van der Waals surface area contributed by atoms with E-state index in [0.717, 1.165) is 17.4 Å². The van der Waals surface area contributed by atoms with Gasteiger partial charge in [-0.25, -0.2) is 0 Å². The zero-order chi connectivity index (χ0) is 17.0. The Kier molecular flexibility index (Phi) is 6.04. The van der Waals surface area contributed by atoms with Gasteiger partial charge in [0.15, 0.2) is 11.0 Å². The lowest BCUT2D eigenvalue weighted by Crippen LogP contribution is -2.13. The Labute approximate surface area is 143 Å². The van der Waals surface area contributed by atoms with Crippen molar-refractivity contribution in [1.82, 2.24) is 14.8 Å². The summed E-state index contributed by atoms with van der Waals surface area (Å²) >= 11 is 7.18. The van der Waals surface area contributed by atoms with Crippen molar-refractivity contribution in [2.45, 2.75) is 38.1 Å². The summed E-state index contributed by atoms with van der Waals surface area (Å²) in [6.45, 7) is 5.77. The summed E-state index contributed by atoms with van der Waals surface area (Å²) in [7, 11) is 0. The van der Waals surface area contributed by atoms with E-state index in [9.17, 15) is 4.79 Å². The quantitative estimate of drug-likeness (QED) is 0.765. The van der Waals surface area contributed by atoms with Crippen molar-refractivity contribution in [3.63, 3.8) is 0 Å². The van der Waals surface area contributed by atoms with E-state index in [-0.39, 0.29) is 18.0 Å². The summed E-state index contributed by atoms with van der Waals surface area (Å²) < 4.78 is 7.57. The number of carbonyl (C=O) groups is 1. The lowest BCUT2D eigenvalue weighted by atomic mass is 10.3. The molecular weight excluding hydrogens is 338 g/mol. The zero-order valence-electron chi connectivity index (χ0n) is 13.1. The Morgan fingerprint density at radius 3 is 2.74 bits per heavy atom. The molecule has 0 aliphatic heterocycles. The highest BCUT2D eigenvalue weighted by Gasteiger charge is 2.21. The van der Waals surface area contributed by atoms with E-state index >= 15 is 0 Å². The van der Waals surface area contributed by atoms with Crippen molar-refractivity contribution in [2.24, 2.45) is 0 Å². The predicted octanol–water partition coefficient (Wildman–Crippen LogP) is 3.58. The smallest absolute Gasteiger partial charge is 0.313 e. The minimum atomic E-state index is -0.913. The van der Waals surface area contributed by atoms with E-state index in [0.29, 0.717) is 16.0 Å². The number of aromatic nitrogens is 3. The third-order valence-corrected chi connectivity index (χ3v) is 4.04. The monoisotopic (exact) mass is 355 g/mol. The molecule has 1 N–H and O–H groups in total. The van der Waals surface area contributed by atoms with Gasteiger partial charge in [-0.3, -0.25) is 9.36 Å². The Bertz CT molecular complexity index is 690. The highest BCUT2D eigenvalue weighted by Crippen LogP contribution is 2.28. The van der Waals surface area contributed by atoms with Crippen LogP contribution in [0, 0.1) is 0 Å². The molecule has 0 amide bonds. The molecule has 0 aliphatic carbocycles. The van der Waals surface area contributed by atoms with Gasteiger partial charge in [-0.1, -0.05) is 29.4 Å². The van der Waals surface area contributed by atoms with Crippen molar-refractivity contribution in [1.29, 1.82) is 0 Å². The third kappa shape index (κ3) is 4.70. The maximum Gasteiger partial charge on any atom is 0.313 e. The largest absolute Gasteiger partial charge is 0.481 e. The first-order chi connectivity index (χ1) is 10.9. The SMILES string of the molecule is CC(C)O[C@@H](C)c1nnc(SCC(=O)O)n1-c1cccc(Cl)c1. The van der Waals surface area contributed by atoms with Crippen LogP contribution in [-0.2, 0) is 9.53 Å². The molecule has 8 heteroatoms.